The van der Waals surface area contributed by atoms with E-state index in [0.29, 0.717) is 0 Å². The van der Waals surface area contributed by atoms with Gasteiger partial charge in [0, 0.05) is 14.6 Å². The van der Waals surface area contributed by atoms with Gasteiger partial charge in [0.25, 0.3) is 0 Å². The summed E-state index contributed by atoms with van der Waals surface area (Å²) in [4.78, 5) is 14.3. The van der Waals surface area contributed by atoms with Crippen molar-refractivity contribution < 1.29 is 23.1 Å². The third kappa shape index (κ3) is 4.88. The molecule has 0 aliphatic rings. The summed E-state index contributed by atoms with van der Waals surface area (Å²) in [7, 11) is 0. The van der Waals surface area contributed by atoms with Crippen molar-refractivity contribution in [2.75, 3.05) is 5.32 Å². The van der Waals surface area contributed by atoms with E-state index in [2.05, 4.69) is 10.6 Å². The van der Waals surface area contributed by atoms with Gasteiger partial charge in [-0.25, -0.2) is 4.79 Å². The molecule has 0 spiro atoms. The van der Waals surface area contributed by atoms with Crippen molar-refractivity contribution in [2.45, 2.75) is 18.8 Å². The zero-order valence-electron chi connectivity index (χ0n) is 13.8. The molecule has 2 amide bonds. The molecule has 3 N–H and O–H groups in total. The van der Waals surface area contributed by atoms with Gasteiger partial charge in [-0.2, -0.15) is 13.2 Å². The van der Waals surface area contributed by atoms with E-state index < -0.39 is 23.9 Å². The molecule has 142 valence electrons. The van der Waals surface area contributed by atoms with Gasteiger partial charge >= 0.3 is 12.2 Å². The van der Waals surface area contributed by atoms with Crippen LogP contribution in [0.4, 0.5) is 23.7 Å². The van der Waals surface area contributed by atoms with Gasteiger partial charge in [-0.1, -0.05) is 18.2 Å². The van der Waals surface area contributed by atoms with Crippen LogP contribution < -0.4 is 10.6 Å². The van der Waals surface area contributed by atoms with Gasteiger partial charge in [0.1, 0.15) is 6.10 Å². The highest BCUT2D eigenvalue weighted by atomic mass is 32.1. The Kier molecular flexibility index (Phi) is 5.83. The highest BCUT2D eigenvalue weighted by Gasteiger charge is 2.33. The van der Waals surface area contributed by atoms with Crippen molar-refractivity contribution in [3.8, 4) is 0 Å². The fourth-order valence-electron chi connectivity index (χ4n) is 2.40. The van der Waals surface area contributed by atoms with Crippen molar-refractivity contribution in [3.05, 3.63) is 74.1 Å². The Labute approximate surface area is 161 Å². The van der Waals surface area contributed by atoms with Crippen molar-refractivity contribution >= 4 is 34.4 Å². The number of thiophene rings is 2. The minimum absolute atomic E-state index is 0.141. The Bertz CT molecular complexity index is 907. The lowest BCUT2D eigenvalue weighted by Gasteiger charge is -2.13. The topological polar surface area (TPSA) is 61.4 Å². The Morgan fingerprint density at radius 2 is 1.85 bits per heavy atom. The summed E-state index contributed by atoms with van der Waals surface area (Å²) in [6.07, 6.45) is -5.28. The Hall–Kier alpha value is -2.36. The minimum atomic E-state index is -4.55. The molecule has 1 aromatic carbocycles. The highest BCUT2D eigenvalue weighted by molar-refractivity contribution is 7.12. The smallest absolute Gasteiger partial charge is 0.382 e. The fourth-order valence-corrected chi connectivity index (χ4v) is 4.16. The number of carbonyl (C=O) groups is 1. The van der Waals surface area contributed by atoms with Crippen molar-refractivity contribution in [1.29, 1.82) is 0 Å². The van der Waals surface area contributed by atoms with E-state index in [1.54, 1.807) is 12.1 Å². The van der Waals surface area contributed by atoms with E-state index in [9.17, 15) is 23.1 Å². The third-order valence-corrected chi connectivity index (χ3v) is 5.73. The second-order valence-corrected chi connectivity index (χ2v) is 7.75. The minimum Gasteiger partial charge on any atom is -0.382 e. The van der Waals surface area contributed by atoms with E-state index >= 15 is 0 Å². The van der Waals surface area contributed by atoms with E-state index in [1.807, 2.05) is 17.5 Å². The summed E-state index contributed by atoms with van der Waals surface area (Å²) in [6.45, 7) is 0.141. The molecule has 0 saturated heterocycles. The van der Waals surface area contributed by atoms with Crippen LogP contribution in [0.2, 0.25) is 0 Å². The predicted molar refractivity (Wildman–Crippen MR) is 100 cm³/mol. The number of aliphatic hydroxyl groups is 1. The van der Waals surface area contributed by atoms with Crippen LogP contribution in [0.25, 0.3) is 0 Å². The van der Waals surface area contributed by atoms with Gasteiger partial charge < -0.3 is 15.7 Å². The molecule has 0 aliphatic heterocycles. The van der Waals surface area contributed by atoms with Crippen LogP contribution in [0.15, 0.2) is 53.9 Å². The van der Waals surface area contributed by atoms with Crippen molar-refractivity contribution in [1.82, 2.24) is 5.32 Å². The number of alkyl halides is 3. The van der Waals surface area contributed by atoms with Gasteiger partial charge in [-0.15, -0.1) is 22.7 Å². The van der Waals surface area contributed by atoms with E-state index in [-0.39, 0.29) is 12.2 Å². The zero-order valence-corrected chi connectivity index (χ0v) is 15.4. The lowest BCUT2D eigenvalue weighted by Crippen LogP contribution is -2.28. The van der Waals surface area contributed by atoms with Gasteiger partial charge in [0.2, 0.25) is 0 Å². The van der Waals surface area contributed by atoms with E-state index in [0.717, 1.165) is 20.7 Å². The monoisotopic (exact) mass is 412 g/mol. The third-order valence-electron chi connectivity index (χ3n) is 3.67. The lowest BCUT2D eigenvalue weighted by molar-refractivity contribution is -0.136. The number of hydrogen-bond acceptors (Lipinski definition) is 4. The quantitative estimate of drug-likeness (QED) is 0.537. The van der Waals surface area contributed by atoms with Crippen LogP contribution >= 0.6 is 22.7 Å². The summed E-state index contributed by atoms with van der Waals surface area (Å²) in [6, 6.07) is 11.3. The normalized spacial score (nSPS) is 12.6. The summed E-state index contributed by atoms with van der Waals surface area (Å²) < 4.78 is 38.9. The molecule has 3 rings (SSSR count). The molecule has 0 fully saturated rings. The van der Waals surface area contributed by atoms with E-state index in [4.69, 9.17) is 0 Å². The predicted octanol–water partition coefficient (Wildman–Crippen LogP) is 5.23. The molecule has 1 atom stereocenters. The van der Waals surface area contributed by atoms with Crippen LogP contribution in [0, 0.1) is 0 Å². The number of aliphatic hydroxyl groups excluding tert-OH is 1. The van der Waals surface area contributed by atoms with Crippen LogP contribution in [-0.2, 0) is 12.7 Å². The molecular formula is C18H15F3N2O2S2. The molecule has 0 bridgehead atoms. The first-order valence-corrected chi connectivity index (χ1v) is 9.55. The number of urea groups is 1. The van der Waals surface area contributed by atoms with E-state index in [1.165, 1.54) is 40.9 Å². The summed E-state index contributed by atoms with van der Waals surface area (Å²) in [5.74, 6) is 0. The molecular weight excluding hydrogens is 397 g/mol. The largest absolute Gasteiger partial charge is 0.418 e. The maximum Gasteiger partial charge on any atom is 0.418 e. The maximum absolute atomic E-state index is 13.0. The number of amides is 2. The average molecular weight is 412 g/mol. The molecule has 0 aliphatic carbocycles. The summed E-state index contributed by atoms with van der Waals surface area (Å²) in [5.41, 5.74) is -1.21. The number of benzene rings is 1. The molecule has 1 unspecified atom stereocenters. The second kappa shape index (κ2) is 8.12. The van der Waals surface area contributed by atoms with Gasteiger partial charge in [0.05, 0.1) is 17.8 Å². The number of para-hydroxylation sites is 1. The average Bonchev–Trinajstić information content (AvgIpc) is 3.31. The van der Waals surface area contributed by atoms with Gasteiger partial charge in [-0.3, -0.25) is 0 Å². The highest BCUT2D eigenvalue weighted by Crippen LogP contribution is 2.34. The van der Waals surface area contributed by atoms with Crippen LogP contribution in [0.3, 0.4) is 0 Å². The van der Waals surface area contributed by atoms with Gasteiger partial charge in [0.15, 0.2) is 0 Å². The SMILES string of the molecule is O=C(NCc1ccc(C(O)c2cccs2)s1)Nc1ccccc1C(F)(F)F. The number of rotatable bonds is 5. The Balaban J connectivity index is 1.59. The first-order valence-electron chi connectivity index (χ1n) is 7.86. The molecule has 9 heteroatoms. The first kappa shape index (κ1) is 19.4. The number of halogens is 3. The van der Waals surface area contributed by atoms with Crippen molar-refractivity contribution in [2.24, 2.45) is 0 Å². The molecule has 0 saturated carbocycles. The second-order valence-electron chi connectivity index (χ2n) is 5.57. The number of carbonyl (C=O) groups excluding carboxylic acids is 1. The zero-order chi connectivity index (χ0) is 19.4. The number of anilines is 1. The van der Waals surface area contributed by atoms with Crippen LogP contribution in [0.1, 0.15) is 26.3 Å². The molecule has 4 nitrogen and oxygen atoms in total. The van der Waals surface area contributed by atoms with Crippen molar-refractivity contribution in [3.63, 3.8) is 0 Å². The molecule has 2 heterocycles. The first-order chi connectivity index (χ1) is 12.8. The number of hydrogen-bond donors (Lipinski definition) is 3. The maximum atomic E-state index is 13.0. The fraction of sp³-hybridized carbons (Fsp3) is 0.167. The molecule has 0 radical (unpaired) electrons. The Morgan fingerprint density at radius 3 is 2.56 bits per heavy atom. The standard InChI is InChI=1S/C18H15F3N2O2S2/c19-18(20,21)12-4-1-2-5-13(12)23-17(25)22-10-11-7-8-15(27-11)16(24)14-6-3-9-26-14/h1-9,16,24H,10H2,(H2,22,23,25). The Morgan fingerprint density at radius 1 is 1.07 bits per heavy atom. The van der Waals surface area contributed by atoms with Gasteiger partial charge in [-0.05, 0) is 35.7 Å². The van der Waals surface area contributed by atoms with Crippen LogP contribution in [0.5, 0.6) is 0 Å². The molecule has 2 aromatic heterocycles. The lowest BCUT2D eigenvalue weighted by atomic mass is 10.1. The number of nitrogens with one attached hydrogen (secondary N) is 2. The van der Waals surface area contributed by atoms with Crippen LogP contribution in [-0.4, -0.2) is 11.1 Å². The summed E-state index contributed by atoms with van der Waals surface area (Å²) >= 11 is 2.77. The summed E-state index contributed by atoms with van der Waals surface area (Å²) in [5, 5.41) is 16.9. The molecule has 3 aromatic rings. The molecule has 27 heavy (non-hydrogen) atoms.